The summed E-state index contributed by atoms with van der Waals surface area (Å²) in [7, 11) is 0. The van der Waals surface area contributed by atoms with E-state index in [1.807, 2.05) is 18.2 Å². The van der Waals surface area contributed by atoms with Crippen molar-refractivity contribution in [2.75, 3.05) is 13.2 Å². The molecule has 132 valence electrons. The van der Waals surface area contributed by atoms with Gasteiger partial charge < -0.3 is 14.6 Å². The minimum atomic E-state index is -0.224. The predicted octanol–water partition coefficient (Wildman–Crippen LogP) is 3.74. The van der Waals surface area contributed by atoms with Gasteiger partial charge in [0.25, 0.3) is 11.8 Å². The number of hydrogen-bond donors (Lipinski definition) is 1. The number of carbonyl (C=O) groups is 1. The Morgan fingerprint density at radius 1 is 1.23 bits per heavy atom. The highest BCUT2D eigenvalue weighted by atomic mass is 35.5. The summed E-state index contributed by atoms with van der Waals surface area (Å²) in [6, 6.07) is 14.3. The maximum Gasteiger partial charge on any atom is 0.258 e. The SMILES string of the molecule is C=CCNC(=O)COc1cccc(-c2noc(-c3cccc(Cl)c3)n2)c1. The van der Waals surface area contributed by atoms with Gasteiger partial charge in [0.1, 0.15) is 5.75 Å². The molecule has 3 aromatic rings. The van der Waals surface area contributed by atoms with Crippen molar-refractivity contribution in [3.8, 4) is 28.6 Å². The highest BCUT2D eigenvalue weighted by molar-refractivity contribution is 6.30. The standard InChI is InChI=1S/C19H16ClN3O3/c1-2-9-21-17(24)12-25-16-8-4-5-13(11-16)18-22-19(26-23-18)14-6-3-7-15(20)10-14/h2-8,10-11H,1,9,12H2,(H,21,24). The average Bonchev–Trinajstić information content (AvgIpc) is 3.15. The van der Waals surface area contributed by atoms with E-state index in [1.54, 1.807) is 36.4 Å². The first-order valence-corrected chi connectivity index (χ1v) is 8.24. The van der Waals surface area contributed by atoms with Crippen LogP contribution in [0, 0.1) is 0 Å². The molecule has 0 spiro atoms. The van der Waals surface area contributed by atoms with E-state index in [-0.39, 0.29) is 12.5 Å². The summed E-state index contributed by atoms with van der Waals surface area (Å²) in [6.07, 6.45) is 1.60. The molecule has 2 aromatic carbocycles. The Morgan fingerprint density at radius 2 is 2.04 bits per heavy atom. The first-order chi connectivity index (χ1) is 12.7. The molecule has 0 saturated heterocycles. The van der Waals surface area contributed by atoms with Crippen LogP contribution in [0.5, 0.6) is 5.75 Å². The maximum atomic E-state index is 11.6. The number of nitrogens with zero attached hydrogens (tertiary/aromatic N) is 2. The predicted molar refractivity (Wildman–Crippen MR) is 98.9 cm³/mol. The fourth-order valence-electron chi connectivity index (χ4n) is 2.19. The Bertz CT molecular complexity index is 924. The highest BCUT2D eigenvalue weighted by Gasteiger charge is 2.12. The van der Waals surface area contributed by atoms with Gasteiger partial charge in [-0.3, -0.25) is 4.79 Å². The Morgan fingerprint density at radius 3 is 2.85 bits per heavy atom. The molecule has 6 nitrogen and oxygen atoms in total. The normalized spacial score (nSPS) is 10.3. The molecular weight excluding hydrogens is 354 g/mol. The van der Waals surface area contributed by atoms with Gasteiger partial charge in [-0.05, 0) is 30.3 Å². The molecule has 0 fully saturated rings. The maximum absolute atomic E-state index is 11.6. The van der Waals surface area contributed by atoms with Gasteiger partial charge in [-0.15, -0.1) is 6.58 Å². The molecule has 1 N–H and O–H groups in total. The van der Waals surface area contributed by atoms with E-state index in [4.69, 9.17) is 20.9 Å². The van der Waals surface area contributed by atoms with Crippen LogP contribution in [0.15, 0.2) is 65.7 Å². The van der Waals surface area contributed by atoms with Crippen molar-refractivity contribution in [3.63, 3.8) is 0 Å². The number of ether oxygens (including phenoxy) is 1. The monoisotopic (exact) mass is 369 g/mol. The van der Waals surface area contributed by atoms with E-state index in [9.17, 15) is 4.79 Å². The van der Waals surface area contributed by atoms with Gasteiger partial charge in [-0.2, -0.15) is 4.98 Å². The molecule has 0 aliphatic heterocycles. The lowest BCUT2D eigenvalue weighted by Gasteiger charge is -2.06. The van der Waals surface area contributed by atoms with E-state index >= 15 is 0 Å². The van der Waals surface area contributed by atoms with Crippen LogP contribution in [-0.4, -0.2) is 29.2 Å². The molecule has 0 saturated carbocycles. The third kappa shape index (κ3) is 4.49. The third-order valence-corrected chi connectivity index (χ3v) is 3.64. The number of halogens is 1. The van der Waals surface area contributed by atoms with Crippen molar-refractivity contribution in [2.24, 2.45) is 0 Å². The molecule has 26 heavy (non-hydrogen) atoms. The lowest BCUT2D eigenvalue weighted by Crippen LogP contribution is -2.28. The number of rotatable bonds is 7. The summed E-state index contributed by atoms with van der Waals surface area (Å²) in [5, 5.41) is 7.23. The fourth-order valence-corrected chi connectivity index (χ4v) is 2.38. The smallest absolute Gasteiger partial charge is 0.258 e. The van der Waals surface area contributed by atoms with E-state index < -0.39 is 0 Å². The zero-order valence-corrected chi connectivity index (χ0v) is 14.6. The summed E-state index contributed by atoms with van der Waals surface area (Å²) in [5.41, 5.74) is 1.45. The van der Waals surface area contributed by atoms with Gasteiger partial charge in [0.05, 0.1) is 0 Å². The molecule has 0 radical (unpaired) electrons. The number of benzene rings is 2. The Hall–Kier alpha value is -3.12. The van der Waals surface area contributed by atoms with Crippen LogP contribution in [0.3, 0.4) is 0 Å². The summed E-state index contributed by atoms with van der Waals surface area (Å²) < 4.78 is 10.8. The molecule has 0 unspecified atom stereocenters. The molecule has 0 bridgehead atoms. The molecule has 3 rings (SSSR count). The molecule has 7 heteroatoms. The van der Waals surface area contributed by atoms with Gasteiger partial charge in [-0.1, -0.05) is 41.0 Å². The molecule has 1 heterocycles. The van der Waals surface area contributed by atoms with Gasteiger partial charge >= 0.3 is 0 Å². The van der Waals surface area contributed by atoms with Crippen molar-refractivity contribution in [1.82, 2.24) is 15.5 Å². The summed E-state index contributed by atoms with van der Waals surface area (Å²) >= 11 is 5.99. The summed E-state index contributed by atoms with van der Waals surface area (Å²) in [4.78, 5) is 16.0. The highest BCUT2D eigenvalue weighted by Crippen LogP contribution is 2.26. The van der Waals surface area contributed by atoms with Crippen molar-refractivity contribution >= 4 is 17.5 Å². The van der Waals surface area contributed by atoms with Crippen LogP contribution in [0.4, 0.5) is 0 Å². The Balaban J connectivity index is 1.72. The topological polar surface area (TPSA) is 77.2 Å². The Labute approximate surface area is 155 Å². The molecular formula is C19H16ClN3O3. The molecule has 0 aliphatic carbocycles. The minimum absolute atomic E-state index is 0.0860. The van der Waals surface area contributed by atoms with Gasteiger partial charge in [0.15, 0.2) is 6.61 Å². The second-order valence-electron chi connectivity index (χ2n) is 5.34. The van der Waals surface area contributed by atoms with Crippen molar-refractivity contribution < 1.29 is 14.1 Å². The number of aromatic nitrogens is 2. The van der Waals surface area contributed by atoms with Gasteiger partial charge in [-0.25, -0.2) is 0 Å². The molecule has 0 atom stereocenters. The van der Waals surface area contributed by atoms with Crippen molar-refractivity contribution in [3.05, 3.63) is 66.2 Å². The van der Waals surface area contributed by atoms with Gasteiger partial charge in [0.2, 0.25) is 5.82 Å². The quantitative estimate of drug-likeness (QED) is 0.642. The van der Waals surface area contributed by atoms with Crippen LogP contribution >= 0.6 is 11.6 Å². The molecule has 1 amide bonds. The molecule has 1 aromatic heterocycles. The van der Waals surface area contributed by atoms with Crippen LogP contribution < -0.4 is 10.1 Å². The summed E-state index contributed by atoms with van der Waals surface area (Å²) in [5.74, 6) is 1.10. The minimum Gasteiger partial charge on any atom is -0.484 e. The second-order valence-corrected chi connectivity index (χ2v) is 5.78. The van der Waals surface area contributed by atoms with E-state index in [1.165, 1.54) is 0 Å². The van der Waals surface area contributed by atoms with Crippen molar-refractivity contribution in [2.45, 2.75) is 0 Å². The number of hydrogen-bond acceptors (Lipinski definition) is 5. The second kappa shape index (κ2) is 8.31. The lowest BCUT2D eigenvalue weighted by molar-refractivity contribution is -0.122. The van der Waals surface area contributed by atoms with E-state index in [0.29, 0.717) is 34.6 Å². The zero-order valence-electron chi connectivity index (χ0n) is 13.8. The van der Waals surface area contributed by atoms with E-state index in [0.717, 1.165) is 5.56 Å². The van der Waals surface area contributed by atoms with Crippen molar-refractivity contribution in [1.29, 1.82) is 0 Å². The van der Waals surface area contributed by atoms with Gasteiger partial charge in [0, 0.05) is 22.7 Å². The summed E-state index contributed by atoms with van der Waals surface area (Å²) in [6.45, 7) is 3.85. The first-order valence-electron chi connectivity index (χ1n) is 7.86. The average molecular weight is 370 g/mol. The lowest BCUT2D eigenvalue weighted by atomic mass is 10.2. The van der Waals surface area contributed by atoms with Crippen LogP contribution in [0.25, 0.3) is 22.8 Å². The number of amides is 1. The first kappa shape index (κ1) is 17.7. The van der Waals surface area contributed by atoms with Crippen LogP contribution in [-0.2, 0) is 4.79 Å². The Kier molecular flexibility index (Phi) is 5.66. The van der Waals surface area contributed by atoms with Crippen LogP contribution in [0.2, 0.25) is 5.02 Å². The van der Waals surface area contributed by atoms with Crippen LogP contribution in [0.1, 0.15) is 0 Å². The van der Waals surface area contributed by atoms with E-state index in [2.05, 4.69) is 22.0 Å². The fraction of sp³-hybridized carbons (Fsp3) is 0.105. The third-order valence-electron chi connectivity index (χ3n) is 3.40. The number of nitrogens with one attached hydrogen (secondary N) is 1. The molecule has 0 aliphatic rings. The number of carbonyl (C=O) groups excluding carboxylic acids is 1. The zero-order chi connectivity index (χ0) is 18.4. The largest absolute Gasteiger partial charge is 0.484 e.